The lowest BCUT2D eigenvalue weighted by Crippen LogP contribution is -2.50. The number of benzene rings is 1. The molecule has 2 aromatic heterocycles. The van der Waals surface area contributed by atoms with Crippen LogP contribution in [0.3, 0.4) is 0 Å². The van der Waals surface area contributed by atoms with Crippen LogP contribution in [-0.2, 0) is 24.2 Å². The van der Waals surface area contributed by atoms with Crippen LogP contribution < -0.4 is 15.9 Å². The van der Waals surface area contributed by atoms with E-state index >= 15 is 0 Å². The number of hydrogen-bond donors (Lipinski definition) is 0. The number of rotatable bonds is 3. The smallest absolute Gasteiger partial charge is 0.339 e. The van der Waals surface area contributed by atoms with Crippen LogP contribution in [0.5, 0.6) is 5.75 Å². The van der Waals surface area contributed by atoms with E-state index in [4.69, 9.17) is 9.15 Å². The van der Waals surface area contributed by atoms with Crippen molar-refractivity contribution in [3.63, 3.8) is 0 Å². The molecule has 1 aromatic carbocycles. The maximum absolute atomic E-state index is 13.1. The van der Waals surface area contributed by atoms with Crippen molar-refractivity contribution in [3.8, 4) is 5.75 Å². The third-order valence-electron chi connectivity index (χ3n) is 7.77. The summed E-state index contributed by atoms with van der Waals surface area (Å²) >= 11 is 0. The van der Waals surface area contributed by atoms with Crippen LogP contribution in [0.1, 0.15) is 47.6 Å². The van der Waals surface area contributed by atoms with E-state index in [-0.39, 0.29) is 35.5 Å². The molecule has 0 saturated carbocycles. The predicted octanol–water partition coefficient (Wildman–Crippen LogP) is 3.17. The summed E-state index contributed by atoms with van der Waals surface area (Å²) in [7, 11) is 0. The van der Waals surface area contributed by atoms with E-state index in [2.05, 4.69) is 0 Å². The molecule has 0 N–H and O–H groups in total. The summed E-state index contributed by atoms with van der Waals surface area (Å²) in [6, 6.07) is 9.24. The second-order valence-electron chi connectivity index (χ2n) is 9.90. The maximum Gasteiger partial charge on any atom is 0.339 e. The van der Waals surface area contributed by atoms with Crippen LogP contribution in [0, 0.1) is 12.8 Å². The minimum absolute atomic E-state index is 0.0370. The SMILES string of the molecule is Cc1c(OCC(=O)N2C[C@@H]3C[C@@H](C2)c2cccc(=O)n2C3)ccc2c3c(c(=O)oc12)CCCC3. The number of ether oxygens (including phenoxy) is 1. The van der Waals surface area contributed by atoms with Crippen LogP contribution in [-0.4, -0.2) is 35.1 Å². The molecule has 176 valence electrons. The average molecular weight is 461 g/mol. The van der Waals surface area contributed by atoms with Crippen molar-refractivity contribution in [3.05, 3.63) is 73.5 Å². The van der Waals surface area contributed by atoms with E-state index in [1.54, 1.807) is 12.1 Å². The number of pyridine rings is 1. The van der Waals surface area contributed by atoms with E-state index < -0.39 is 0 Å². The van der Waals surface area contributed by atoms with Crippen LogP contribution in [0.2, 0.25) is 0 Å². The van der Waals surface area contributed by atoms with E-state index in [0.717, 1.165) is 59.9 Å². The number of carbonyl (C=O) groups is 1. The molecule has 1 fully saturated rings. The first-order chi connectivity index (χ1) is 16.5. The molecule has 0 radical (unpaired) electrons. The summed E-state index contributed by atoms with van der Waals surface area (Å²) in [5.41, 5.74) is 4.02. The lowest BCUT2D eigenvalue weighted by atomic mass is 9.83. The van der Waals surface area contributed by atoms with E-state index in [1.165, 1.54) is 0 Å². The Morgan fingerprint density at radius 3 is 2.74 bits per heavy atom. The number of aryl methyl sites for hydroxylation is 2. The number of amides is 1. The molecule has 0 unspecified atom stereocenters. The first kappa shape index (κ1) is 21.2. The molecule has 3 aliphatic rings. The molecule has 0 spiro atoms. The van der Waals surface area contributed by atoms with Gasteiger partial charge in [-0.2, -0.15) is 0 Å². The Bertz CT molecular complexity index is 1420. The third-order valence-corrected chi connectivity index (χ3v) is 7.77. The molecule has 4 heterocycles. The number of hydrogen-bond acceptors (Lipinski definition) is 5. The summed E-state index contributed by atoms with van der Waals surface area (Å²) in [5.74, 6) is 0.952. The number of piperidine rings is 1. The zero-order chi connectivity index (χ0) is 23.4. The molecule has 1 saturated heterocycles. The molecule has 3 aromatic rings. The molecule has 6 rings (SSSR count). The lowest BCUT2D eigenvalue weighted by Gasteiger charge is -2.42. The van der Waals surface area contributed by atoms with Crippen molar-refractivity contribution in [2.45, 2.75) is 51.5 Å². The van der Waals surface area contributed by atoms with Gasteiger partial charge in [-0.15, -0.1) is 0 Å². The van der Waals surface area contributed by atoms with Crippen molar-refractivity contribution in [2.75, 3.05) is 19.7 Å². The van der Waals surface area contributed by atoms with Gasteiger partial charge in [-0.1, -0.05) is 6.07 Å². The van der Waals surface area contributed by atoms with Crippen molar-refractivity contribution in [1.29, 1.82) is 0 Å². The van der Waals surface area contributed by atoms with Gasteiger partial charge < -0.3 is 18.6 Å². The highest BCUT2D eigenvalue weighted by Gasteiger charge is 2.36. The minimum Gasteiger partial charge on any atom is -0.483 e. The van der Waals surface area contributed by atoms with Crippen molar-refractivity contribution in [1.82, 2.24) is 9.47 Å². The quantitative estimate of drug-likeness (QED) is 0.561. The Labute approximate surface area is 196 Å². The highest BCUT2D eigenvalue weighted by atomic mass is 16.5. The maximum atomic E-state index is 13.1. The Hall–Kier alpha value is -3.35. The van der Waals surface area contributed by atoms with Gasteiger partial charge in [-0.05, 0) is 68.7 Å². The first-order valence-corrected chi connectivity index (χ1v) is 12.2. The Balaban J connectivity index is 1.20. The normalized spacial score (nSPS) is 21.1. The number of aromatic nitrogens is 1. The fraction of sp³-hybridized carbons (Fsp3) is 0.444. The van der Waals surface area contributed by atoms with Crippen LogP contribution in [0.25, 0.3) is 11.0 Å². The number of likely N-dealkylation sites (tertiary alicyclic amines) is 1. The summed E-state index contributed by atoms with van der Waals surface area (Å²) in [5, 5.41) is 0.975. The number of carbonyl (C=O) groups excluding carboxylic acids is 1. The van der Waals surface area contributed by atoms with Crippen molar-refractivity contribution < 1.29 is 13.9 Å². The first-order valence-electron chi connectivity index (χ1n) is 12.2. The van der Waals surface area contributed by atoms with Crippen molar-refractivity contribution >= 4 is 16.9 Å². The Morgan fingerprint density at radius 1 is 1.06 bits per heavy atom. The zero-order valence-corrected chi connectivity index (χ0v) is 19.3. The highest BCUT2D eigenvalue weighted by Crippen LogP contribution is 2.35. The topological polar surface area (TPSA) is 81.8 Å². The third kappa shape index (κ3) is 3.45. The van der Waals surface area contributed by atoms with Gasteiger partial charge in [0.15, 0.2) is 6.61 Å². The zero-order valence-electron chi connectivity index (χ0n) is 19.3. The summed E-state index contributed by atoms with van der Waals surface area (Å²) in [6.45, 7) is 3.70. The monoisotopic (exact) mass is 460 g/mol. The fourth-order valence-corrected chi connectivity index (χ4v) is 6.11. The molecule has 2 bridgehead atoms. The molecule has 2 aliphatic heterocycles. The van der Waals surface area contributed by atoms with Crippen LogP contribution in [0.4, 0.5) is 0 Å². The number of fused-ring (bicyclic) bond motifs is 7. The van der Waals surface area contributed by atoms with Crippen LogP contribution in [0.15, 0.2) is 44.3 Å². The fourth-order valence-electron chi connectivity index (χ4n) is 6.11. The minimum atomic E-state index is -0.252. The summed E-state index contributed by atoms with van der Waals surface area (Å²) in [4.78, 5) is 39.7. The van der Waals surface area contributed by atoms with Gasteiger partial charge >= 0.3 is 5.63 Å². The van der Waals surface area contributed by atoms with Gasteiger partial charge in [0.1, 0.15) is 11.3 Å². The van der Waals surface area contributed by atoms with Gasteiger partial charge in [0.05, 0.1) is 0 Å². The Morgan fingerprint density at radius 2 is 1.88 bits per heavy atom. The highest BCUT2D eigenvalue weighted by molar-refractivity contribution is 5.86. The largest absolute Gasteiger partial charge is 0.483 e. The molecule has 2 atom stereocenters. The lowest BCUT2D eigenvalue weighted by molar-refractivity contribution is -0.136. The van der Waals surface area contributed by atoms with Gasteiger partial charge in [0.25, 0.3) is 11.5 Å². The molecule has 7 heteroatoms. The van der Waals surface area contributed by atoms with E-state index in [9.17, 15) is 14.4 Å². The summed E-state index contributed by atoms with van der Waals surface area (Å²) < 4.78 is 13.5. The predicted molar refractivity (Wildman–Crippen MR) is 127 cm³/mol. The number of nitrogens with zero attached hydrogens (tertiary/aromatic N) is 2. The summed E-state index contributed by atoms with van der Waals surface area (Å²) in [6.07, 6.45) is 4.76. The Kier molecular flexibility index (Phi) is 5.08. The average Bonchev–Trinajstić information content (AvgIpc) is 2.85. The second-order valence-corrected chi connectivity index (χ2v) is 9.90. The van der Waals surface area contributed by atoms with Gasteiger partial charge in [-0.3, -0.25) is 9.59 Å². The van der Waals surface area contributed by atoms with E-state index in [0.29, 0.717) is 31.0 Å². The molecular formula is C27H28N2O5. The molecule has 1 aliphatic carbocycles. The molecular weight excluding hydrogens is 432 g/mol. The van der Waals surface area contributed by atoms with Crippen LogP contribution >= 0.6 is 0 Å². The standard InChI is InChI=1S/C27H28N2O5/c1-16-23(10-9-20-19-5-2-3-6-21(19)27(32)34-26(16)20)33-15-25(31)28-12-17-11-18(14-28)22-7-4-8-24(30)29(22)13-17/h4,7-10,17-18H,2-3,5-6,11-15H2,1H3/t17-,18-/m0/s1. The van der Waals surface area contributed by atoms with Gasteiger partial charge in [0.2, 0.25) is 0 Å². The van der Waals surface area contributed by atoms with Crippen molar-refractivity contribution in [2.24, 2.45) is 5.92 Å². The second kappa shape index (κ2) is 8.15. The van der Waals surface area contributed by atoms with Gasteiger partial charge in [0, 0.05) is 53.8 Å². The van der Waals surface area contributed by atoms with E-state index in [1.807, 2.05) is 34.6 Å². The molecule has 1 amide bonds. The van der Waals surface area contributed by atoms with Gasteiger partial charge in [-0.25, -0.2) is 4.79 Å². The molecule has 7 nitrogen and oxygen atoms in total. The molecule has 34 heavy (non-hydrogen) atoms.